The zero-order chi connectivity index (χ0) is 20.8. The number of piperazine rings is 1. The molecule has 1 amide bonds. The van der Waals surface area contributed by atoms with E-state index < -0.39 is 0 Å². The summed E-state index contributed by atoms with van der Waals surface area (Å²) in [4.78, 5) is 25.7. The van der Waals surface area contributed by atoms with Crippen LogP contribution in [0.15, 0.2) is 67.0 Å². The molecule has 2 aromatic carbocycles. The summed E-state index contributed by atoms with van der Waals surface area (Å²) in [6, 6.07) is 20.0. The second-order valence-electron chi connectivity index (χ2n) is 7.34. The molecule has 0 unspecified atom stereocenters. The first-order chi connectivity index (χ1) is 14.7. The Morgan fingerprint density at radius 2 is 1.70 bits per heavy atom. The third-order valence-corrected chi connectivity index (χ3v) is 5.47. The number of hydrogen-bond donors (Lipinski definition) is 0. The highest BCUT2D eigenvalue weighted by Gasteiger charge is 2.22. The number of methoxy groups -OCH3 is 1. The van der Waals surface area contributed by atoms with Crippen LogP contribution in [0.1, 0.15) is 12.0 Å². The lowest BCUT2D eigenvalue weighted by Gasteiger charge is -2.35. The van der Waals surface area contributed by atoms with Gasteiger partial charge in [-0.2, -0.15) is 0 Å². The normalized spacial score (nSPS) is 13.9. The molecular formula is C24H26N4O2. The highest BCUT2D eigenvalue weighted by molar-refractivity contribution is 5.76. The number of aryl methyl sites for hydroxylation is 1. The minimum atomic E-state index is 0.207. The first-order valence-corrected chi connectivity index (χ1v) is 10.3. The standard InChI is InChI=1S/C24H26N4O2/c1-30-21-10-7-19(8-11-21)9-12-24(29)28-15-13-27(14-16-28)23-17-22(25-18-26-23)20-5-3-2-4-6-20/h2-8,10-11,17-18H,9,12-16H2,1H3. The Labute approximate surface area is 177 Å². The number of hydrogen-bond acceptors (Lipinski definition) is 5. The minimum absolute atomic E-state index is 0.207. The molecule has 4 rings (SSSR count). The third-order valence-electron chi connectivity index (χ3n) is 5.47. The molecule has 1 aromatic heterocycles. The number of nitrogens with zero attached hydrogens (tertiary/aromatic N) is 4. The van der Waals surface area contributed by atoms with Crippen LogP contribution in [-0.2, 0) is 11.2 Å². The number of aromatic nitrogens is 2. The van der Waals surface area contributed by atoms with Crippen molar-refractivity contribution in [1.82, 2.24) is 14.9 Å². The highest BCUT2D eigenvalue weighted by Crippen LogP contribution is 2.21. The average Bonchev–Trinajstić information content (AvgIpc) is 2.83. The lowest BCUT2D eigenvalue weighted by atomic mass is 10.1. The molecular weight excluding hydrogens is 376 g/mol. The van der Waals surface area contributed by atoms with Crippen molar-refractivity contribution in [2.45, 2.75) is 12.8 Å². The maximum Gasteiger partial charge on any atom is 0.223 e. The van der Waals surface area contributed by atoms with Gasteiger partial charge in [-0.3, -0.25) is 4.79 Å². The summed E-state index contributed by atoms with van der Waals surface area (Å²) in [5.74, 6) is 1.95. The van der Waals surface area contributed by atoms with Crippen LogP contribution in [0.4, 0.5) is 5.82 Å². The highest BCUT2D eigenvalue weighted by atomic mass is 16.5. The largest absolute Gasteiger partial charge is 0.497 e. The molecule has 1 fully saturated rings. The molecule has 30 heavy (non-hydrogen) atoms. The molecule has 0 aliphatic carbocycles. The second kappa shape index (κ2) is 9.39. The zero-order valence-corrected chi connectivity index (χ0v) is 17.2. The van der Waals surface area contributed by atoms with Crippen molar-refractivity contribution in [2.75, 3.05) is 38.2 Å². The van der Waals surface area contributed by atoms with E-state index in [4.69, 9.17) is 4.74 Å². The molecule has 6 nitrogen and oxygen atoms in total. The van der Waals surface area contributed by atoms with Gasteiger partial charge in [-0.15, -0.1) is 0 Å². The number of rotatable bonds is 6. The number of benzene rings is 2. The second-order valence-corrected chi connectivity index (χ2v) is 7.34. The van der Waals surface area contributed by atoms with Crippen molar-refractivity contribution in [3.8, 4) is 17.0 Å². The van der Waals surface area contributed by atoms with E-state index in [2.05, 4.69) is 14.9 Å². The summed E-state index contributed by atoms with van der Waals surface area (Å²) in [5.41, 5.74) is 3.14. The van der Waals surface area contributed by atoms with E-state index in [1.807, 2.05) is 65.6 Å². The quantitative estimate of drug-likeness (QED) is 0.632. The van der Waals surface area contributed by atoms with Crippen molar-refractivity contribution in [3.63, 3.8) is 0 Å². The van der Waals surface area contributed by atoms with E-state index in [1.54, 1.807) is 13.4 Å². The molecule has 0 atom stereocenters. The molecule has 1 saturated heterocycles. The lowest BCUT2D eigenvalue weighted by molar-refractivity contribution is -0.131. The Bertz CT molecular complexity index is 968. The van der Waals surface area contributed by atoms with E-state index in [1.165, 1.54) is 0 Å². The molecule has 3 aromatic rings. The van der Waals surface area contributed by atoms with Crippen molar-refractivity contribution >= 4 is 11.7 Å². The number of carbonyl (C=O) groups is 1. The summed E-state index contributed by atoms with van der Waals surface area (Å²) in [6.45, 7) is 2.98. The lowest BCUT2D eigenvalue weighted by Crippen LogP contribution is -2.49. The van der Waals surface area contributed by atoms with Crippen molar-refractivity contribution in [1.29, 1.82) is 0 Å². The summed E-state index contributed by atoms with van der Waals surface area (Å²) in [7, 11) is 1.65. The van der Waals surface area contributed by atoms with Gasteiger partial charge in [0.15, 0.2) is 0 Å². The van der Waals surface area contributed by atoms with Gasteiger partial charge in [-0.1, -0.05) is 42.5 Å². The smallest absolute Gasteiger partial charge is 0.223 e. The van der Waals surface area contributed by atoms with Gasteiger partial charge in [0, 0.05) is 44.2 Å². The summed E-state index contributed by atoms with van der Waals surface area (Å²) in [6.07, 6.45) is 2.89. The molecule has 2 heterocycles. The monoisotopic (exact) mass is 402 g/mol. The molecule has 1 aliphatic rings. The molecule has 1 aliphatic heterocycles. The van der Waals surface area contributed by atoms with Crippen molar-refractivity contribution in [2.24, 2.45) is 0 Å². The Morgan fingerprint density at radius 3 is 2.40 bits per heavy atom. The predicted octanol–water partition coefficient (Wildman–Crippen LogP) is 3.43. The maximum atomic E-state index is 12.6. The molecule has 6 heteroatoms. The number of carbonyl (C=O) groups excluding carboxylic acids is 1. The Balaban J connectivity index is 1.30. The average molecular weight is 402 g/mol. The Morgan fingerprint density at radius 1 is 0.967 bits per heavy atom. The van der Waals surface area contributed by atoms with E-state index in [0.717, 1.165) is 47.9 Å². The maximum absolute atomic E-state index is 12.6. The van der Waals surface area contributed by atoms with Gasteiger partial charge >= 0.3 is 0 Å². The number of amides is 1. The first kappa shape index (κ1) is 19.9. The van der Waals surface area contributed by atoms with Crippen LogP contribution in [0, 0.1) is 0 Å². The molecule has 0 N–H and O–H groups in total. The summed E-state index contributed by atoms with van der Waals surface area (Å²) in [5, 5.41) is 0. The molecule has 0 saturated carbocycles. The fourth-order valence-electron chi connectivity index (χ4n) is 3.67. The van der Waals surface area contributed by atoms with Gasteiger partial charge in [-0.25, -0.2) is 9.97 Å². The number of anilines is 1. The van der Waals surface area contributed by atoms with Crippen LogP contribution < -0.4 is 9.64 Å². The van der Waals surface area contributed by atoms with Crippen LogP contribution in [0.3, 0.4) is 0 Å². The van der Waals surface area contributed by atoms with Gasteiger partial charge in [0.25, 0.3) is 0 Å². The Kier molecular flexibility index (Phi) is 6.23. The van der Waals surface area contributed by atoms with Crippen LogP contribution in [0.5, 0.6) is 5.75 Å². The molecule has 0 radical (unpaired) electrons. The molecule has 0 bridgehead atoms. The molecule has 0 spiro atoms. The van der Waals surface area contributed by atoms with Crippen molar-refractivity contribution < 1.29 is 9.53 Å². The van der Waals surface area contributed by atoms with Crippen LogP contribution in [-0.4, -0.2) is 54.1 Å². The van der Waals surface area contributed by atoms with E-state index in [0.29, 0.717) is 19.5 Å². The van der Waals surface area contributed by atoms with Gasteiger partial charge in [-0.05, 0) is 24.1 Å². The third kappa shape index (κ3) is 4.76. The van der Waals surface area contributed by atoms with Crippen LogP contribution >= 0.6 is 0 Å². The van der Waals surface area contributed by atoms with Gasteiger partial charge in [0.1, 0.15) is 17.9 Å². The van der Waals surface area contributed by atoms with Crippen molar-refractivity contribution in [3.05, 3.63) is 72.6 Å². The topological polar surface area (TPSA) is 58.6 Å². The minimum Gasteiger partial charge on any atom is -0.497 e. The summed E-state index contributed by atoms with van der Waals surface area (Å²) < 4.78 is 5.18. The summed E-state index contributed by atoms with van der Waals surface area (Å²) >= 11 is 0. The van der Waals surface area contributed by atoms with Gasteiger partial charge in [0.05, 0.1) is 12.8 Å². The predicted molar refractivity (Wildman–Crippen MR) is 118 cm³/mol. The van der Waals surface area contributed by atoms with Gasteiger partial charge in [0.2, 0.25) is 5.91 Å². The van der Waals surface area contributed by atoms with Gasteiger partial charge < -0.3 is 14.5 Å². The zero-order valence-electron chi connectivity index (χ0n) is 17.2. The van der Waals surface area contributed by atoms with Crippen LogP contribution in [0.2, 0.25) is 0 Å². The fraction of sp³-hybridized carbons (Fsp3) is 0.292. The van der Waals surface area contributed by atoms with E-state index in [9.17, 15) is 4.79 Å². The molecule has 154 valence electrons. The Hall–Kier alpha value is -3.41. The number of ether oxygens (including phenoxy) is 1. The van der Waals surface area contributed by atoms with E-state index >= 15 is 0 Å². The fourth-order valence-corrected chi connectivity index (χ4v) is 3.67. The first-order valence-electron chi connectivity index (χ1n) is 10.3. The van der Waals surface area contributed by atoms with Crippen LogP contribution in [0.25, 0.3) is 11.3 Å². The van der Waals surface area contributed by atoms with E-state index in [-0.39, 0.29) is 5.91 Å². The SMILES string of the molecule is COc1ccc(CCC(=O)N2CCN(c3cc(-c4ccccc4)ncn3)CC2)cc1.